The van der Waals surface area contributed by atoms with Crippen LogP contribution >= 0.6 is 0 Å². The van der Waals surface area contributed by atoms with Gasteiger partial charge in [-0.1, -0.05) is 37.1 Å². The Kier molecular flexibility index (Phi) is 4.74. The van der Waals surface area contributed by atoms with E-state index in [0.717, 1.165) is 5.56 Å². The van der Waals surface area contributed by atoms with Crippen LogP contribution in [-0.4, -0.2) is 22.2 Å². The standard InChI is InChI=1S/C20H24O4/c21-18(22)12-17(19(23)24)11-14-3-5-15(6-4-14)16-7-10-20(13-16)8-1-2-9-20/h3-6,11,16H,1-2,7-10,12-13H2,(H,21,22)(H,23,24)/b17-11+. The summed E-state index contributed by atoms with van der Waals surface area (Å²) < 4.78 is 0. The Morgan fingerprint density at radius 2 is 1.75 bits per heavy atom. The number of carboxylic acid groups (broad SMARTS) is 2. The molecule has 0 radical (unpaired) electrons. The molecule has 2 fully saturated rings. The van der Waals surface area contributed by atoms with Crippen LogP contribution < -0.4 is 0 Å². The molecular formula is C20H24O4. The second-order valence-electron chi connectivity index (χ2n) is 7.36. The van der Waals surface area contributed by atoms with Crippen molar-refractivity contribution in [3.05, 3.63) is 41.0 Å². The number of rotatable bonds is 5. The molecule has 0 aromatic heterocycles. The number of hydrogen-bond acceptors (Lipinski definition) is 2. The van der Waals surface area contributed by atoms with E-state index in [2.05, 4.69) is 12.1 Å². The van der Waals surface area contributed by atoms with Crippen molar-refractivity contribution in [2.45, 2.75) is 57.3 Å². The zero-order valence-electron chi connectivity index (χ0n) is 13.8. The minimum atomic E-state index is -1.18. The average Bonchev–Trinajstić information content (AvgIpc) is 3.17. The van der Waals surface area contributed by atoms with Crippen molar-refractivity contribution in [2.24, 2.45) is 5.41 Å². The molecule has 1 spiro atoms. The molecule has 2 aliphatic carbocycles. The maximum Gasteiger partial charge on any atom is 0.332 e. The normalized spacial score (nSPS) is 22.8. The molecule has 0 saturated heterocycles. The summed E-state index contributed by atoms with van der Waals surface area (Å²) in [6.45, 7) is 0. The third-order valence-electron chi connectivity index (χ3n) is 5.73. The van der Waals surface area contributed by atoms with Gasteiger partial charge in [-0.25, -0.2) is 4.79 Å². The lowest BCUT2D eigenvalue weighted by Gasteiger charge is -2.22. The van der Waals surface area contributed by atoms with Crippen molar-refractivity contribution in [1.82, 2.24) is 0 Å². The van der Waals surface area contributed by atoms with Gasteiger partial charge in [0.15, 0.2) is 0 Å². The first-order valence-corrected chi connectivity index (χ1v) is 8.73. The van der Waals surface area contributed by atoms with Crippen LogP contribution in [0, 0.1) is 5.41 Å². The molecular weight excluding hydrogens is 304 g/mol. The van der Waals surface area contributed by atoms with Gasteiger partial charge in [0.1, 0.15) is 0 Å². The van der Waals surface area contributed by atoms with Crippen molar-refractivity contribution in [2.75, 3.05) is 0 Å². The first-order valence-electron chi connectivity index (χ1n) is 8.73. The SMILES string of the molecule is O=C(O)C/C(=C\c1ccc(C2CCC3(CCCC3)C2)cc1)C(=O)O. The van der Waals surface area contributed by atoms with Crippen molar-refractivity contribution < 1.29 is 19.8 Å². The summed E-state index contributed by atoms with van der Waals surface area (Å²) in [7, 11) is 0. The van der Waals surface area contributed by atoms with Gasteiger partial charge in [0.2, 0.25) is 0 Å². The number of aliphatic carboxylic acids is 2. The van der Waals surface area contributed by atoms with Crippen LogP contribution in [0.2, 0.25) is 0 Å². The number of benzene rings is 1. The second-order valence-corrected chi connectivity index (χ2v) is 7.36. The van der Waals surface area contributed by atoms with Crippen LogP contribution in [0.3, 0.4) is 0 Å². The lowest BCUT2D eigenvalue weighted by Crippen LogP contribution is -2.10. The summed E-state index contributed by atoms with van der Waals surface area (Å²) in [6.07, 6.45) is 10.3. The molecule has 24 heavy (non-hydrogen) atoms. The molecule has 3 rings (SSSR count). The van der Waals surface area contributed by atoms with E-state index in [4.69, 9.17) is 10.2 Å². The first kappa shape index (κ1) is 16.7. The van der Waals surface area contributed by atoms with Crippen LogP contribution in [-0.2, 0) is 9.59 Å². The summed E-state index contributed by atoms with van der Waals surface area (Å²) in [5.74, 6) is -1.70. The number of carboxylic acids is 2. The highest BCUT2D eigenvalue weighted by molar-refractivity contribution is 5.96. The van der Waals surface area contributed by atoms with E-state index in [9.17, 15) is 9.59 Å². The largest absolute Gasteiger partial charge is 0.481 e. The first-order chi connectivity index (χ1) is 11.5. The maximum absolute atomic E-state index is 11.1. The van der Waals surface area contributed by atoms with Crippen molar-refractivity contribution >= 4 is 18.0 Å². The van der Waals surface area contributed by atoms with E-state index >= 15 is 0 Å². The van der Waals surface area contributed by atoms with Gasteiger partial charge in [-0.2, -0.15) is 0 Å². The predicted octanol–water partition coefficient (Wildman–Crippen LogP) is 4.46. The van der Waals surface area contributed by atoms with Crippen LogP contribution in [0.15, 0.2) is 29.8 Å². The Labute approximate surface area is 142 Å². The Balaban J connectivity index is 1.71. The Morgan fingerprint density at radius 3 is 2.33 bits per heavy atom. The van der Waals surface area contributed by atoms with E-state index in [1.807, 2.05) is 12.1 Å². The van der Waals surface area contributed by atoms with Gasteiger partial charge in [-0.3, -0.25) is 4.79 Å². The molecule has 2 N–H and O–H groups in total. The highest BCUT2D eigenvalue weighted by Crippen LogP contribution is 2.55. The van der Waals surface area contributed by atoms with Gasteiger partial charge in [0, 0.05) is 5.57 Å². The third kappa shape index (κ3) is 3.69. The zero-order chi connectivity index (χ0) is 17.2. The molecule has 4 heteroatoms. The van der Waals surface area contributed by atoms with E-state index in [-0.39, 0.29) is 5.57 Å². The van der Waals surface area contributed by atoms with E-state index in [0.29, 0.717) is 11.3 Å². The summed E-state index contributed by atoms with van der Waals surface area (Å²) in [5.41, 5.74) is 2.55. The van der Waals surface area contributed by atoms with Gasteiger partial charge < -0.3 is 10.2 Å². The molecule has 0 aliphatic heterocycles. The topological polar surface area (TPSA) is 74.6 Å². The smallest absolute Gasteiger partial charge is 0.332 e. The molecule has 1 unspecified atom stereocenters. The lowest BCUT2D eigenvalue weighted by molar-refractivity contribution is -0.139. The molecule has 0 bridgehead atoms. The summed E-state index contributed by atoms with van der Waals surface area (Å²) >= 11 is 0. The molecule has 1 aromatic rings. The molecule has 0 amide bonds. The van der Waals surface area contributed by atoms with Crippen molar-refractivity contribution in [1.29, 1.82) is 0 Å². The molecule has 1 aromatic carbocycles. The number of hydrogen-bond donors (Lipinski definition) is 2. The van der Waals surface area contributed by atoms with Gasteiger partial charge >= 0.3 is 11.9 Å². The summed E-state index contributed by atoms with van der Waals surface area (Å²) in [4.78, 5) is 21.9. The van der Waals surface area contributed by atoms with Crippen LogP contribution in [0.5, 0.6) is 0 Å². The number of carbonyl (C=O) groups is 2. The van der Waals surface area contributed by atoms with Crippen molar-refractivity contribution in [3.8, 4) is 0 Å². The fraction of sp³-hybridized carbons (Fsp3) is 0.500. The molecule has 0 heterocycles. The van der Waals surface area contributed by atoms with E-state index in [1.54, 1.807) is 0 Å². The fourth-order valence-electron chi connectivity index (χ4n) is 4.49. The Hall–Kier alpha value is -2.10. The molecule has 128 valence electrons. The molecule has 1 atom stereocenters. The lowest BCUT2D eigenvalue weighted by atomic mass is 9.82. The second kappa shape index (κ2) is 6.80. The third-order valence-corrected chi connectivity index (χ3v) is 5.73. The van der Waals surface area contributed by atoms with E-state index in [1.165, 1.54) is 56.6 Å². The van der Waals surface area contributed by atoms with Crippen LogP contribution in [0.25, 0.3) is 6.08 Å². The van der Waals surface area contributed by atoms with Gasteiger partial charge in [0.25, 0.3) is 0 Å². The van der Waals surface area contributed by atoms with Gasteiger partial charge in [0.05, 0.1) is 6.42 Å². The van der Waals surface area contributed by atoms with E-state index < -0.39 is 18.4 Å². The van der Waals surface area contributed by atoms with Gasteiger partial charge in [-0.05, 0) is 60.6 Å². The highest BCUT2D eigenvalue weighted by Gasteiger charge is 2.41. The van der Waals surface area contributed by atoms with Gasteiger partial charge in [-0.15, -0.1) is 0 Å². The zero-order valence-corrected chi connectivity index (χ0v) is 13.8. The van der Waals surface area contributed by atoms with Crippen LogP contribution in [0.1, 0.15) is 68.4 Å². The maximum atomic E-state index is 11.1. The van der Waals surface area contributed by atoms with Crippen molar-refractivity contribution in [3.63, 3.8) is 0 Å². The Bertz CT molecular complexity index is 651. The average molecular weight is 328 g/mol. The quantitative estimate of drug-likeness (QED) is 0.783. The summed E-state index contributed by atoms with van der Waals surface area (Å²) in [5, 5.41) is 17.9. The monoisotopic (exact) mass is 328 g/mol. The summed E-state index contributed by atoms with van der Waals surface area (Å²) in [6, 6.07) is 7.95. The fourth-order valence-corrected chi connectivity index (χ4v) is 4.49. The highest BCUT2D eigenvalue weighted by atomic mass is 16.4. The Morgan fingerprint density at radius 1 is 1.08 bits per heavy atom. The minimum absolute atomic E-state index is 0.0963. The predicted molar refractivity (Wildman–Crippen MR) is 91.8 cm³/mol. The molecule has 2 saturated carbocycles. The molecule has 4 nitrogen and oxygen atoms in total. The van der Waals surface area contributed by atoms with Crippen LogP contribution in [0.4, 0.5) is 0 Å². The molecule has 2 aliphatic rings. The minimum Gasteiger partial charge on any atom is -0.481 e.